The molecule has 0 aliphatic carbocycles. The number of carbonyl (C=O) groups excluding carboxylic acids is 1. The summed E-state index contributed by atoms with van der Waals surface area (Å²) in [5.41, 5.74) is 6.96. The van der Waals surface area contributed by atoms with Gasteiger partial charge in [0.2, 0.25) is 5.91 Å². The fourth-order valence-corrected chi connectivity index (χ4v) is 4.71. The predicted octanol–water partition coefficient (Wildman–Crippen LogP) is 4.51. The highest BCUT2D eigenvalue weighted by Crippen LogP contribution is 2.32. The van der Waals surface area contributed by atoms with Crippen LogP contribution in [0.5, 0.6) is 0 Å². The highest BCUT2D eigenvalue weighted by molar-refractivity contribution is 5.77. The second-order valence-corrected chi connectivity index (χ2v) is 9.11. The Morgan fingerprint density at radius 3 is 2.44 bits per heavy atom. The quantitative estimate of drug-likeness (QED) is 0.446. The van der Waals surface area contributed by atoms with E-state index < -0.39 is 17.6 Å². The van der Waals surface area contributed by atoms with Crippen molar-refractivity contribution in [2.24, 2.45) is 5.73 Å². The lowest BCUT2D eigenvalue weighted by Gasteiger charge is -2.23. The van der Waals surface area contributed by atoms with Crippen LogP contribution in [0.1, 0.15) is 58.1 Å². The van der Waals surface area contributed by atoms with Crippen molar-refractivity contribution in [3.8, 4) is 0 Å². The molecule has 4 rings (SSSR count). The molecule has 0 bridgehead atoms. The minimum absolute atomic E-state index is 0.00313. The summed E-state index contributed by atoms with van der Waals surface area (Å²) in [5, 5.41) is 3.26. The van der Waals surface area contributed by atoms with E-state index in [1.54, 1.807) is 36.4 Å². The third-order valence-electron chi connectivity index (χ3n) is 6.54. The van der Waals surface area contributed by atoms with Gasteiger partial charge in [-0.3, -0.25) is 4.79 Å². The van der Waals surface area contributed by atoms with E-state index in [0.717, 1.165) is 37.7 Å². The molecule has 1 fully saturated rings. The number of carbonyl (C=O) groups is 1. The Labute approximate surface area is 207 Å². The Kier molecular flexibility index (Phi) is 7.98. The van der Waals surface area contributed by atoms with Crippen LogP contribution < -0.4 is 11.1 Å². The molecule has 2 aromatic carbocycles. The summed E-state index contributed by atoms with van der Waals surface area (Å²) in [6.07, 6.45) is -1.70. The van der Waals surface area contributed by atoms with E-state index in [1.807, 2.05) is 0 Å². The number of nitrogens with one attached hydrogen (secondary N) is 1. The summed E-state index contributed by atoms with van der Waals surface area (Å²) in [6, 6.07) is 12.0. The molecule has 1 saturated heterocycles. The Bertz CT molecular complexity index is 1220. The normalized spacial score (nSPS) is 14.7. The van der Waals surface area contributed by atoms with Crippen molar-refractivity contribution >= 4 is 5.91 Å². The number of halogens is 4. The maximum Gasteiger partial charge on any atom is 0.419 e. The summed E-state index contributed by atoms with van der Waals surface area (Å²) in [7, 11) is 0. The average Bonchev–Trinajstić information content (AvgIpc) is 2.83. The van der Waals surface area contributed by atoms with Gasteiger partial charge in [-0.15, -0.1) is 0 Å². The van der Waals surface area contributed by atoms with Gasteiger partial charge in [0.25, 0.3) is 0 Å². The monoisotopic (exact) mass is 500 g/mol. The molecule has 1 amide bonds. The SMILES string of the molecule is NC(=O)Cc1ccccc1CCc1nc(Cc2ccc(C3CCNCC3)c(F)c2)ncc1C(F)(F)F. The van der Waals surface area contributed by atoms with Gasteiger partial charge in [-0.1, -0.05) is 36.4 Å². The number of nitrogens with zero attached hydrogens (tertiary/aromatic N) is 2. The van der Waals surface area contributed by atoms with Crippen molar-refractivity contribution in [2.45, 2.75) is 50.6 Å². The number of nitrogens with two attached hydrogens (primary N) is 1. The van der Waals surface area contributed by atoms with E-state index in [2.05, 4.69) is 15.3 Å². The minimum atomic E-state index is -4.61. The lowest BCUT2D eigenvalue weighted by atomic mass is 9.89. The van der Waals surface area contributed by atoms with Crippen LogP contribution in [0.3, 0.4) is 0 Å². The molecule has 0 atom stereocenters. The largest absolute Gasteiger partial charge is 0.419 e. The summed E-state index contributed by atoms with van der Waals surface area (Å²) in [5.74, 6) is -0.470. The molecular formula is C27H28F4N4O. The van der Waals surface area contributed by atoms with E-state index in [9.17, 15) is 22.4 Å². The Balaban J connectivity index is 1.55. The van der Waals surface area contributed by atoms with Crippen molar-refractivity contribution in [2.75, 3.05) is 13.1 Å². The van der Waals surface area contributed by atoms with Gasteiger partial charge in [0.1, 0.15) is 11.6 Å². The van der Waals surface area contributed by atoms with E-state index in [-0.39, 0.29) is 48.9 Å². The van der Waals surface area contributed by atoms with E-state index in [4.69, 9.17) is 5.73 Å². The van der Waals surface area contributed by atoms with E-state index in [0.29, 0.717) is 16.7 Å². The maximum absolute atomic E-state index is 14.8. The summed E-state index contributed by atoms with van der Waals surface area (Å²) in [6.45, 7) is 1.70. The topological polar surface area (TPSA) is 80.9 Å². The van der Waals surface area contributed by atoms with Crippen LogP contribution >= 0.6 is 0 Å². The first-order valence-electron chi connectivity index (χ1n) is 12.0. The van der Waals surface area contributed by atoms with Crippen molar-refractivity contribution in [3.05, 3.63) is 93.8 Å². The van der Waals surface area contributed by atoms with Crippen molar-refractivity contribution in [3.63, 3.8) is 0 Å². The third kappa shape index (κ3) is 6.46. The molecule has 3 N–H and O–H groups in total. The lowest BCUT2D eigenvalue weighted by Crippen LogP contribution is -2.27. The molecule has 2 heterocycles. The summed E-state index contributed by atoms with van der Waals surface area (Å²) < 4.78 is 55.8. The molecule has 36 heavy (non-hydrogen) atoms. The van der Waals surface area contributed by atoms with Gasteiger partial charge in [-0.2, -0.15) is 13.2 Å². The fraction of sp³-hybridized carbons (Fsp3) is 0.370. The van der Waals surface area contributed by atoms with E-state index >= 15 is 0 Å². The first kappa shape index (κ1) is 25.8. The highest BCUT2D eigenvalue weighted by Gasteiger charge is 2.34. The summed E-state index contributed by atoms with van der Waals surface area (Å²) >= 11 is 0. The number of amides is 1. The van der Waals surface area contributed by atoms with Gasteiger partial charge in [-0.25, -0.2) is 14.4 Å². The molecule has 1 aliphatic rings. The zero-order valence-corrected chi connectivity index (χ0v) is 19.7. The van der Waals surface area contributed by atoms with Gasteiger partial charge >= 0.3 is 6.18 Å². The average molecular weight is 501 g/mol. The smallest absolute Gasteiger partial charge is 0.369 e. The maximum atomic E-state index is 14.8. The molecule has 190 valence electrons. The van der Waals surface area contributed by atoms with Crippen LogP contribution in [0.25, 0.3) is 0 Å². The highest BCUT2D eigenvalue weighted by atomic mass is 19.4. The zero-order chi connectivity index (χ0) is 25.7. The Hall–Kier alpha value is -3.33. The molecular weight excluding hydrogens is 472 g/mol. The van der Waals surface area contributed by atoms with Gasteiger partial charge in [-0.05, 0) is 73.0 Å². The number of rotatable bonds is 8. The molecule has 1 aromatic heterocycles. The van der Waals surface area contributed by atoms with Gasteiger partial charge in [0, 0.05) is 12.6 Å². The summed E-state index contributed by atoms with van der Waals surface area (Å²) in [4.78, 5) is 19.5. The van der Waals surface area contributed by atoms with Crippen molar-refractivity contribution in [1.29, 1.82) is 0 Å². The van der Waals surface area contributed by atoms with Crippen LogP contribution in [0, 0.1) is 5.82 Å². The standard InChI is InChI=1S/C27H28F4N4O/c28-23-13-17(5-7-21(23)19-9-11-33-12-10-19)14-26-34-16-22(27(29,30)31)24(35-26)8-6-18-3-1-2-4-20(18)15-25(32)36/h1-5,7,13,16,19,33H,6,8-12,14-15H2,(H2,32,36). The Morgan fingerprint density at radius 1 is 1.06 bits per heavy atom. The lowest BCUT2D eigenvalue weighted by molar-refractivity contribution is -0.138. The van der Waals surface area contributed by atoms with Crippen LogP contribution in [-0.2, 0) is 36.7 Å². The second kappa shape index (κ2) is 11.2. The molecule has 0 radical (unpaired) electrons. The number of aromatic nitrogens is 2. The molecule has 3 aromatic rings. The molecule has 9 heteroatoms. The number of primary amides is 1. The number of benzene rings is 2. The molecule has 0 unspecified atom stereocenters. The van der Waals surface area contributed by atoms with Gasteiger partial charge in [0.05, 0.1) is 17.7 Å². The van der Waals surface area contributed by atoms with Crippen LogP contribution in [0.15, 0.2) is 48.7 Å². The number of hydrogen-bond acceptors (Lipinski definition) is 4. The van der Waals surface area contributed by atoms with Gasteiger partial charge in [0.15, 0.2) is 0 Å². The fourth-order valence-electron chi connectivity index (χ4n) is 4.71. The van der Waals surface area contributed by atoms with Crippen LogP contribution in [-0.4, -0.2) is 29.0 Å². The number of piperidine rings is 1. The number of hydrogen-bond donors (Lipinski definition) is 2. The predicted molar refractivity (Wildman–Crippen MR) is 128 cm³/mol. The first-order valence-corrected chi connectivity index (χ1v) is 12.0. The minimum Gasteiger partial charge on any atom is -0.369 e. The van der Waals surface area contributed by atoms with Crippen LogP contribution in [0.2, 0.25) is 0 Å². The van der Waals surface area contributed by atoms with Crippen LogP contribution in [0.4, 0.5) is 17.6 Å². The van der Waals surface area contributed by atoms with E-state index in [1.165, 1.54) is 6.07 Å². The van der Waals surface area contributed by atoms with Gasteiger partial charge < -0.3 is 11.1 Å². The van der Waals surface area contributed by atoms with Crippen molar-refractivity contribution < 1.29 is 22.4 Å². The number of alkyl halides is 3. The third-order valence-corrected chi connectivity index (χ3v) is 6.54. The molecule has 0 spiro atoms. The Morgan fingerprint density at radius 2 is 1.78 bits per heavy atom. The second-order valence-electron chi connectivity index (χ2n) is 9.11. The first-order chi connectivity index (χ1) is 17.2. The molecule has 5 nitrogen and oxygen atoms in total. The zero-order valence-electron chi connectivity index (χ0n) is 19.7. The molecule has 0 saturated carbocycles. The van der Waals surface area contributed by atoms with Crippen molar-refractivity contribution in [1.82, 2.24) is 15.3 Å². The molecule has 1 aliphatic heterocycles. The number of aryl methyl sites for hydroxylation is 2.